The summed E-state index contributed by atoms with van der Waals surface area (Å²) in [6, 6.07) is 8.10. The van der Waals surface area contributed by atoms with Crippen molar-refractivity contribution in [1.82, 2.24) is 4.98 Å². The molecule has 0 unspecified atom stereocenters. The molecule has 84 valence electrons. The van der Waals surface area contributed by atoms with Crippen LogP contribution in [0, 0.1) is 0 Å². The van der Waals surface area contributed by atoms with E-state index in [1.54, 1.807) is 7.11 Å². The third-order valence-corrected chi connectivity index (χ3v) is 3.10. The lowest BCUT2D eigenvalue weighted by Gasteiger charge is -2.03. The van der Waals surface area contributed by atoms with Crippen molar-refractivity contribution < 1.29 is 4.74 Å². The summed E-state index contributed by atoms with van der Waals surface area (Å²) in [7, 11) is 1.68. The van der Waals surface area contributed by atoms with E-state index in [0.717, 1.165) is 24.3 Å². The lowest BCUT2D eigenvalue weighted by Crippen LogP contribution is -1.93. The van der Waals surface area contributed by atoms with E-state index >= 15 is 0 Å². The van der Waals surface area contributed by atoms with E-state index < -0.39 is 0 Å². The van der Waals surface area contributed by atoms with Gasteiger partial charge in [0.25, 0.3) is 0 Å². The van der Waals surface area contributed by atoms with Crippen LogP contribution in [0.15, 0.2) is 29.6 Å². The summed E-state index contributed by atoms with van der Waals surface area (Å²) in [6.07, 6.45) is 1.88. The third kappa shape index (κ3) is 2.73. The summed E-state index contributed by atoms with van der Waals surface area (Å²) in [4.78, 5) is 4.23. The van der Waals surface area contributed by atoms with Crippen LogP contribution >= 0.6 is 11.3 Å². The maximum Gasteiger partial charge on any atom is 0.180 e. The highest BCUT2D eigenvalue weighted by Crippen LogP contribution is 2.16. The molecule has 0 spiro atoms. The Hall–Kier alpha value is -1.55. The maximum atomic E-state index is 5.58. The minimum atomic E-state index is 0.639. The number of anilines is 1. The molecule has 16 heavy (non-hydrogen) atoms. The Morgan fingerprint density at radius 3 is 2.94 bits per heavy atom. The van der Waals surface area contributed by atoms with Crippen molar-refractivity contribution in [2.75, 3.05) is 12.8 Å². The van der Waals surface area contributed by atoms with Crippen LogP contribution in [0.5, 0.6) is 5.75 Å². The number of methoxy groups -OCH3 is 1. The molecule has 2 aromatic rings. The number of benzene rings is 1. The van der Waals surface area contributed by atoms with Crippen LogP contribution in [-0.2, 0) is 12.8 Å². The molecule has 0 aliphatic rings. The fourth-order valence-electron chi connectivity index (χ4n) is 1.54. The largest absolute Gasteiger partial charge is 0.497 e. The van der Waals surface area contributed by atoms with Gasteiger partial charge in [-0.2, -0.15) is 0 Å². The SMILES string of the molecule is COc1cccc(CCc2csc(N)n2)c1. The molecule has 4 heteroatoms. The van der Waals surface area contributed by atoms with Crippen LogP contribution < -0.4 is 10.5 Å². The van der Waals surface area contributed by atoms with E-state index in [9.17, 15) is 0 Å². The van der Waals surface area contributed by atoms with Crippen LogP contribution in [0.25, 0.3) is 0 Å². The highest BCUT2D eigenvalue weighted by molar-refractivity contribution is 7.13. The highest BCUT2D eigenvalue weighted by atomic mass is 32.1. The Morgan fingerprint density at radius 2 is 2.25 bits per heavy atom. The predicted molar refractivity (Wildman–Crippen MR) is 66.9 cm³/mol. The molecular formula is C12H14N2OS. The lowest BCUT2D eigenvalue weighted by molar-refractivity contribution is 0.414. The molecule has 1 aromatic heterocycles. The van der Waals surface area contributed by atoms with Crippen molar-refractivity contribution in [3.8, 4) is 5.75 Å². The standard InChI is InChI=1S/C12H14N2OS/c1-15-11-4-2-3-9(7-11)5-6-10-8-16-12(13)14-10/h2-4,7-8H,5-6H2,1H3,(H2,13,14). The van der Waals surface area contributed by atoms with Crippen molar-refractivity contribution >= 4 is 16.5 Å². The number of aromatic nitrogens is 1. The van der Waals surface area contributed by atoms with Crippen molar-refractivity contribution in [3.05, 3.63) is 40.9 Å². The van der Waals surface area contributed by atoms with E-state index in [1.807, 2.05) is 17.5 Å². The molecule has 1 heterocycles. The second-order valence-corrected chi connectivity index (χ2v) is 4.42. The van der Waals surface area contributed by atoms with Crippen LogP contribution in [0.1, 0.15) is 11.3 Å². The number of ether oxygens (including phenoxy) is 1. The molecule has 0 bridgehead atoms. The molecule has 0 saturated carbocycles. The minimum absolute atomic E-state index is 0.639. The van der Waals surface area contributed by atoms with Gasteiger partial charge in [-0.15, -0.1) is 11.3 Å². The van der Waals surface area contributed by atoms with Crippen molar-refractivity contribution in [1.29, 1.82) is 0 Å². The van der Waals surface area contributed by atoms with Crippen molar-refractivity contribution in [2.45, 2.75) is 12.8 Å². The Bertz CT molecular complexity index is 468. The molecule has 0 saturated heterocycles. The van der Waals surface area contributed by atoms with Crippen molar-refractivity contribution in [3.63, 3.8) is 0 Å². The molecule has 2 rings (SSSR count). The Labute approximate surface area is 98.9 Å². The smallest absolute Gasteiger partial charge is 0.180 e. The number of thiazole rings is 1. The third-order valence-electron chi connectivity index (χ3n) is 2.37. The number of nitrogens with two attached hydrogens (primary N) is 1. The lowest BCUT2D eigenvalue weighted by atomic mass is 10.1. The van der Waals surface area contributed by atoms with Crippen LogP contribution in [0.4, 0.5) is 5.13 Å². The number of nitrogens with zero attached hydrogens (tertiary/aromatic N) is 1. The Balaban J connectivity index is 1.99. The fourth-order valence-corrected chi connectivity index (χ4v) is 2.14. The van der Waals surface area contributed by atoms with Gasteiger partial charge in [-0.25, -0.2) is 4.98 Å². The van der Waals surface area contributed by atoms with Gasteiger partial charge < -0.3 is 10.5 Å². The van der Waals surface area contributed by atoms with Gasteiger partial charge >= 0.3 is 0 Å². The summed E-state index contributed by atoms with van der Waals surface area (Å²) in [5, 5.41) is 2.65. The van der Waals surface area contributed by atoms with E-state index in [2.05, 4.69) is 17.1 Å². The van der Waals surface area contributed by atoms with Gasteiger partial charge in [-0.1, -0.05) is 12.1 Å². The molecule has 0 aliphatic heterocycles. The minimum Gasteiger partial charge on any atom is -0.497 e. The van der Waals surface area contributed by atoms with Crippen LogP contribution in [-0.4, -0.2) is 12.1 Å². The average molecular weight is 234 g/mol. The van der Waals surface area contributed by atoms with Crippen LogP contribution in [0.2, 0.25) is 0 Å². The first-order chi connectivity index (χ1) is 7.78. The molecule has 1 aromatic carbocycles. The average Bonchev–Trinajstić information content (AvgIpc) is 2.73. The fraction of sp³-hybridized carbons (Fsp3) is 0.250. The Morgan fingerprint density at radius 1 is 1.38 bits per heavy atom. The molecule has 2 N–H and O–H groups in total. The zero-order valence-electron chi connectivity index (χ0n) is 9.14. The van der Waals surface area contributed by atoms with Gasteiger partial charge in [0.2, 0.25) is 0 Å². The number of hydrogen-bond acceptors (Lipinski definition) is 4. The van der Waals surface area contributed by atoms with Crippen LogP contribution in [0.3, 0.4) is 0 Å². The molecule has 0 radical (unpaired) electrons. The van der Waals surface area contributed by atoms with E-state index in [0.29, 0.717) is 5.13 Å². The summed E-state index contributed by atoms with van der Waals surface area (Å²) < 4.78 is 5.18. The maximum absolute atomic E-state index is 5.58. The first kappa shape index (κ1) is 11.0. The molecule has 0 aliphatic carbocycles. The predicted octanol–water partition coefficient (Wildman–Crippen LogP) is 2.52. The molecular weight excluding hydrogens is 220 g/mol. The first-order valence-electron chi connectivity index (χ1n) is 5.11. The topological polar surface area (TPSA) is 48.1 Å². The number of aryl methyl sites for hydroxylation is 2. The monoisotopic (exact) mass is 234 g/mol. The van der Waals surface area contributed by atoms with Gasteiger partial charge in [-0.3, -0.25) is 0 Å². The van der Waals surface area contributed by atoms with Gasteiger partial charge in [0.15, 0.2) is 5.13 Å². The Kier molecular flexibility index (Phi) is 3.41. The molecule has 3 nitrogen and oxygen atoms in total. The molecule has 0 atom stereocenters. The number of rotatable bonds is 4. The summed E-state index contributed by atoms with van der Waals surface area (Å²) >= 11 is 1.49. The molecule has 0 fully saturated rings. The zero-order valence-corrected chi connectivity index (χ0v) is 9.96. The second kappa shape index (κ2) is 4.99. The normalized spacial score (nSPS) is 10.3. The van der Waals surface area contributed by atoms with E-state index in [1.165, 1.54) is 16.9 Å². The van der Waals surface area contributed by atoms with Gasteiger partial charge in [0.1, 0.15) is 5.75 Å². The number of nitrogen functional groups attached to an aromatic ring is 1. The summed E-state index contributed by atoms with van der Waals surface area (Å²) in [5.74, 6) is 0.898. The van der Waals surface area contributed by atoms with Gasteiger partial charge in [0.05, 0.1) is 12.8 Å². The van der Waals surface area contributed by atoms with Gasteiger partial charge in [-0.05, 0) is 30.5 Å². The summed E-state index contributed by atoms with van der Waals surface area (Å²) in [6.45, 7) is 0. The highest BCUT2D eigenvalue weighted by Gasteiger charge is 2.01. The first-order valence-corrected chi connectivity index (χ1v) is 5.98. The zero-order chi connectivity index (χ0) is 11.4. The quantitative estimate of drug-likeness (QED) is 0.884. The van der Waals surface area contributed by atoms with Crippen molar-refractivity contribution in [2.24, 2.45) is 0 Å². The van der Waals surface area contributed by atoms with E-state index in [-0.39, 0.29) is 0 Å². The van der Waals surface area contributed by atoms with Gasteiger partial charge in [0, 0.05) is 5.38 Å². The summed E-state index contributed by atoms with van der Waals surface area (Å²) in [5.41, 5.74) is 7.90. The van der Waals surface area contributed by atoms with E-state index in [4.69, 9.17) is 10.5 Å². The number of hydrogen-bond donors (Lipinski definition) is 1. The molecule has 0 amide bonds. The second-order valence-electron chi connectivity index (χ2n) is 3.53.